The predicted molar refractivity (Wildman–Crippen MR) is 189 cm³/mol. The molecule has 0 fully saturated rings. The first kappa shape index (κ1) is 36.7. The maximum atomic E-state index is 13.8. The Morgan fingerprint density at radius 3 is 2.33 bits per heavy atom. The van der Waals surface area contributed by atoms with Gasteiger partial charge in [0.05, 0.1) is 10.7 Å². The molecule has 0 aliphatic rings. The van der Waals surface area contributed by atoms with Crippen LogP contribution in [0.5, 0.6) is 0 Å². The number of aromatic amines is 1. The molecule has 0 spiro atoms. The van der Waals surface area contributed by atoms with Crippen molar-refractivity contribution in [2.24, 2.45) is 22.2 Å². The van der Waals surface area contributed by atoms with Gasteiger partial charge in [0, 0.05) is 35.8 Å². The van der Waals surface area contributed by atoms with Crippen molar-refractivity contribution >= 4 is 28.6 Å². The molecule has 9 nitrogen and oxygen atoms in total. The average Bonchev–Trinajstić information content (AvgIpc) is 3.40. The molecule has 0 aliphatic carbocycles. The fourth-order valence-corrected chi connectivity index (χ4v) is 4.96. The number of fused-ring (bicyclic) bond motifs is 1. The summed E-state index contributed by atoms with van der Waals surface area (Å²) < 4.78 is 15.4. The number of H-pyrrole nitrogens is 1. The monoisotopic (exact) mass is 652 g/mol. The SMILES string of the molecule is CC(C)(C)c1cc(Cl)c(F)c(CCCCN)c1.CC(C)(C)c1cc2cn(-c3ccc(CNCCCN=C(N)N)cc3)c(=O)nc2[nH]1. The van der Waals surface area contributed by atoms with Gasteiger partial charge < -0.3 is 27.5 Å². The fourth-order valence-electron chi connectivity index (χ4n) is 4.72. The molecule has 0 aliphatic heterocycles. The van der Waals surface area contributed by atoms with Crippen molar-refractivity contribution in [2.75, 3.05) is 19.6 Å². The van der Waals surface area contributed by atoms with E-state index in [0.29, 0.717) is 30.7 Å². The average molecular weight is 653 g/mol. The molecule has 2 aromatic carbocycles. The topological polar surface area (TPSA) is 153 Å². The van der Waals surface area contributed by atoms with Crippen LogP contribution in [-0.4, -0.2) is 40.1 Å². The highest BCUT2D eigenvalue weighted by Gasteiger charge is 2.19. The van der Waals surface area contributed by atoms with Gasteiger partial charge in [-0.3, -0.25) is 9.56 Å². The first-order valence-corrected chi connectivity index (χ1v) is 16.1. The summed E-state index contributed by atoms with van der Waals surface area (Å²) in [4.78, 5) is 23.9. The third-order valence-corrected chi connectivity index (χ3v) is 7.81. The molecular weight excluding hydrogens is 603 g/mol. The molecule has 0 bridgehead atoms. The van der Waals surface area contributed by atoms with Crippen molar-refractivity contribution in [3.05, 3.63) is 92.4 Å². The summed E-state index contributed by atoms with van der Waals surface area (Å²) in [6.07, 6.45) is 5.22. The number of benzene rings is 2. The summed E-state index contributed by atoms with van der Waals surface area (Å²) >= 11 is 5.94. The fraction of sp³-hybridized carbons (Fsp3) is 0.457. The standard InChI is InChI=1S/C21H29N7O.C14H21ClFN/c1-21(2,3)17-11-15-13-28(20(29)27-18(15)26-17)16-7-5-14(6-8-16)12-24-9-4-10-25-19(22)23;1-14(2,3)11-8-10(6-4-5-7-17)13(16)12(15)9-11/h5-8,11,13,24H,4,9-10,12H2,1-3H3,(H4,22,23,25)(H,26,27,29);8-9H,4-7,17H2,1-3H3. The van der Waals surface area contributed by atoms with E-state index in [1.165, 1.54) is 0 Å². The molecule has 46 heavy (non-hydrogen) atoms. The molecule has 4 aromatic rings. The molecule has 0 unspecified atom stereocenters. The number of nitrogens with one attached hydrogen (secondary N) is 2. The van der Waals surface area contributed by atoms with Gasteiger partial charge in [-0.1, -0.05) is 71.3 Å². The molecule has 250 valence electrons. The van der Waals surface area contributed by atoms with Gasteiger partial charge in [0.15, 0.2) is 5.96 Å². The van der Waals surface area contributed by atoms with Crippen LogP contribution < -0.4 is 28.2 Å². The Morgan fingerprint density at radius 2 is 1.72 bits per heavy atom. The highest BCUT2D eigenvalue weighted by Crippen LogP contribution is 2.30. The van der Waals surface area contributed by atoms with E-state index in [2.05, 4.69) is 67.9 Å². The molecule has 2 aromatic heterocycles. The normalized spacial score (nSPS) is 11.8. The Hall–Kier alpha value is -3.73. The first-order chi connectivity index (χ1) is 21.6. The number of aliphatic imine (C=N–C) groups is 1. The number of hydrogen-bond acceptors (Lipinski definition) is 5. The van der Waals surface area contributed by atoms with Crippen molar-refractivity contribution < 1.29 is 4.39 Å². The summed E-state index contributed by atoms with van der Waals surface area (Å²) in [6, 6.07) is 13.6. The Morgan fingerprint density at radius 1 is 1.02 bits per heavy atom. The Bertz CT molecular complexity index is 1660. The maximum Gasteiger partial charge on any atom is 0.354 e. The number of aryl methyl sites for hydroxylation is 1. The van der Waals surface area contributed by atoms with Gasteiger partial charge >= 0.3 is 5.69 Å². The molecule has 0 amide bonds. The predicted octanol–water partition coefficient (Wildman–Crippen LogP) is 5.82. The van der Waals surface area contributed by atoms with Gasteiger partial charge in [-0.15, -0.1) is 0 Å². The van der Waals surface area contributed by atoms with Crippen LogP contribution in [0.1, 0.15) is 83.2 Å². The number of nitrogens with zero attached hydrogens (tertiary/aromatic N) is 3. The van der Waals surface area contributed by atoms with E-state index in [-0.39, 0.29) is 33.3 Å². The van der Waals surface area contributed by atoms with Gasteiger partial charge in [0.1, 0.15) is 11.5 Å². The third-order valence-electron chi connectivity index (χ3n) is 7.54. The second kappa shape index (κ2) is 16.2. The minimum Gasteiger partial charge on any atom is -0.370 e. The number of nitrogens with two attached hydrogens (primary N) is 3. The van der Waals surface area contributed by atoms with Gasteiger partial charge in [-0.2, -0.15) is 4.98 Å². The highest BCUT2D eigenvalue weighted by atomic mass is 35.5. The van der Waals surface area contributed by atoms with Crippen LogP contribution in [0.25, 0.3) is 16.7 Å². The summed E-state index contributed by atoms with van der Waals surface area (Å²) in [6.45, 7) is 15.5. The second-order valence-electron chi connectivity index (χ2n) is 13.6. The van der Waals surface area contributed by atoms with Crippen molar-refractivity contribution in [1.82, 2.24) is 19.9 Å². The molecular formula is C35H50ClFN8O. The zero-order valence-corrected chi connectivity index (χ0v) is 28.8. The van der Waals surface area contributed by atoms with Crippen LogP contribution in [0.15, 0.2) is 58.4 Å². The molecule has 0 atom stereocenters. The van der Waals surface area contributed by atoms with E-state index >= 15 is 0 Å². The van der Waals surface area contributed by atoms with Crippen molar-refractivity contribution in [1.29, 1.82) is 0 Å². The van der Waals surface area contributed by atoms with Crippen LogP contribution in [-0.2, 0) is 23.8 Å². The zero-order chi connectivity index (χ0) is 34.1. The first-order valence-electron chi connectivity index (χ1n) is 15.8. The van der Waals surface area contributed by atoms with Gasteiger partial charge in [0.25, 0.3) is 0 Å². The van der Waals surface area contributed by atoms with Crippen LogP contribution >= 0.6 is 11.6 Å². The van der Waals surface area contributed by atoms with Crippen LogP contribution in [0.3, 0.4) is 0 Å². The van der Waals surface area contributed by atoms with Crippen LogP contribution in [0, 0.1) is 5.82 Å². The largest absolute Gasteiger partial charge is 0.370 e. The van der Waals surface area contributed by atoms with Crippen LogP contribution in [0.4, 0.5) is 4.39 Å². The minimum atomic E-state index is -0.301. The molecule has 0 radical (unpaired) electrons. The summed E-state index contributed by atoms with van der Waals surface area (Å²) in [5.74, 6) is -0.158. The number of guanidine groups is 1. The number of aromatic nitrogens is 3. The lowest BCUT2D eigenvalue weighted by molar-refractivity contribution is 0.572. The zero-order valence-electron chi connectivity index (χ0n) is 28.0. The van der Waals surface area contributed by atoms with Gasteiger partial charge in [0.2, 0.25) is 0 Å². The number of halogens is 2. The number of rotatable bonds is 11. The second-order valence-corrected chi connectivity index (χ2v) is 14.0. The molecule has 0 saturated heterocycles. The van der Waals surface area contributed by atoms with E-state index in [9.17, 15) is 9.18 Å². The summed E-state index contributed by atoms with van der Waals surface area (Å²) in [5.41, 5.74) is 21.1. The molecule has 11 heteroatoms. The lowest BCUT2D eigenvalue weighted by Crippen LogP contribution is -2.23. The number of unbranched alkanes of at least 4 members (excludes halogenated alkanes) is 1. The van der Waals surface area contributed by atoms with Gasteiger partial charge in [-0.25, -0.2) is 9.18 Å². The van der Waals surface area contributed by atoms with Crippen molar-refractivity contribution in [3.8, 4) is 5.69 Å². The lowest BCUT2D eigenvalue weighted by Gasteiger charge is -2.21. The van der Waals surface area contributed by atoms with E-state index in [1.54, 1.807) is 10.6 Å². The number of hydrogen-bond donors (Lipinski definition) is 5. The van der Waals surface area contributed by atoms with Crippen LogP contribution in [0.2, 0.25) is 5.02 Å². The minimum absolute atomic E-state index is 0.0139. The quantitative estimate of drug-likeness (QED) is 0.0782. The smallest absolute Gasteiger partial charge is 0.354 e. The van der Waals surface area contributed by atoms with Crippen molar-refractivity contribution in [3.63, 3.8) is 0 Å². The summed E-state index contributed by atoms with van der Waals surface area (Å²) in [5, 5.41) is 4.49. The van der Waals surface area contributed by atoms with Crippen molar-refractivity contribution in [2.45, 2.75) is 84.6 Å². The Kier molecular flexibility index (Phi) is 12.9. The molecule has 0 saturated carbocycles. The van der Waals surface area contributed by atoms with E-state index in [1.807, 2.05) is 36.5 Å². The van der Waals surface area contributed by atoms with E-state index in [0.717, 1.165) is 60.2 Å². The third kappa shape index (κ3) is 10.7. The summed E-state index contributed by atoms with van der Waals surface area (Å²) in [7, 11) is 0. The maximum absolute atomic E-state index is 13.8. The molecule has 8 N–H and O–H groups in total. The lowest BCUT2D eigenvalue weighted by atomic mass is 9.85. The highest BCUT2D eigenvalue weighted by molar-refractivity contribution is 6.30. The molecule has 4 rings (SSSR count). The Balaban J connectivity index is 0.000000289. The molecule has 2 heterocycles. The van der Waals surface area contributed by atoms with E-state index in [4.69, 9.17) is 28.8 Å². The Labute approximate surface area is 276 Å². The van der Waals surface area contributed by atoms with Gasteiger partial charge in [-0.05, 0) is 85.1 Å². The van der Waals surface area contributed by atoms with E-state index < -0.39 is 0 Å².